The maximum Gasteiger partial charge on any atom is 0.321 e. The van der Waals surface area contributed by atoms with Crippen LogP contribution >= 0.6 is 0 Å². The van der Waals surface area contributed by atoms with Crippen LogP contribution < -0.4 is 4.72 Å². The third kappa shape index (κ3) is 7.00. The molecule has 7 nitrogen and oxygen atoms in total. The van der Waals surface area contributed by atoms with Crippen LogP contribution in [0.4, 0.5) is 0 Å². The average Bonchev–Trinajstić information content (AvgIpc) is 3.10. The second-order valence-corrected chi connectivity index (χ2v) is 9.17. The summed E-state index contributed by atoms with van der Waals surface area (Å²) in [5.41, 5.74) is 4.00. The number of carbonyl (C=O) groups is 2. The van der Waals surface area contributed by atoms with Crippen LogP contribution in [-0.4, -0.2) is 37.9 Å². The molecule has 0 fully saturated rings. The van der Waals surface area contributed by atoms with Crippen molar-refractivity contribution in [2.75, 3.05) is 13.2 Å². The largest absolute Gasteiger partial charge is 0.456 e. The lowest BCUT2D eigenvalue weighted by atomic mass is 10.1. The minimum Gasteiger partial charge on any atom is -0.456 e. The van der Waals surface area contributed by atoms with Gasteiger partial charge in [-0.05, 0) is 37.1 Å². The van der Waals surface area contributed by atoms with Crippen molar-refractivity contribution < 1.29 is 22.7 Å². The first kappa shape index (κ1) is 24.2. The first-order valence-electron chi connectivity index (χ1n) is 10.4. The molecule has 2 aromatic carbocycles. The van der Waals surface area contributed by atoms with Gasteiger partial charge in [-0.2, -0.15) is 0 Å². The molecule has 3 aromatic rings. The van der Waals surface area contributed by atoms with E-state index in [1.807, 2.05) is 54.8 Å². The number of rotatable bonds is 10. The molecule has 8 heteroatoms. The van der Waals surface area contributed by atoms with Gasteiger partial charge in [0.1, 0.15) is 6.54 Å². The number of nitrogens with one attached hydrogen (secondary N) is 1. The summed E-state index contributed by atoms with van der Waals surface area (Å²) in [6.45, 7) is 3.36. The summed E-state index contributed by atoms with van der Waals surface area (Å²) in [5, 5.41) is 0.975. The minimum atomic E-state index is -3.82. The second kappa shape index (κ2) is 10.9. The number of hydrogen-bond donors (Lipinski definition) is 1. The zero-order valence-electron chi connectivity index (χ0n) is 18.5. The van der Waals surface area contributed by atoms with Crippen LogP contribution in [0.25, 0.3) is 6.08 Å². The number of Topliss-reactive ketones (excluding diaryl/α,β-unsaturated/α-hetero) is 1. The van der Waals surface area contributed by atoms with E-state index in [0.29, 0.717) is 17.7 Å². The van der Waals surface area contributed by atoms with E-state index in [-0.39, 0.29) is 5.78 Å². The van der Waals surface area contributed by atoms with Gasteiger partial charge >= 0.3 is 5.97 Å². The summed E-state index contributed by atoms with van der Waals surface area (Å²) in [7, 11) is -3.82. The van der Waals surface area contributed by atoms with Crippen molar-refractivity contribution in [1.82, 2.24) is 9.29 Å². The molecule has 172 valence electrons. The Bertz CT molecular complexity index is 1250. The summed E-state index contributed by atoms with van der Waals surface area (Å²) < 4.78 is 33.2. The topological polar surface area (TPSA) is 94.5 Å². The smallest absolute Gasteiger partial charge is 0.321 e. The fraction of sp³-hybridized carbons (Fsp3) is 0.200. The number of aromatic nitrogens is 1. The third-order valence-corrected chi connectivity index (χ3v) is 6.12. The van der Waals surface area contributed by atoms with Gasteiger partial charge in [0.15, 0.2) is 6.61 Å². The maximum atomic E-state index is 12.6. The van der Waals surface area contributed by atoms with Gasteiger partial charge in [0.05, 0.1) is 0 Å². The van der Waals surface area contributed by atoms with Gasteiger partial charge in [0.2, 0.25) is 15.8 Å². The molecular weight excluding hydrogens is 440 g/mol. The standard InChI is InChI=1S/C25H26N2O5S/c1-19-15-23(20(2)27(19)17-22-11-7-4-8-12-22)24(28)18-32-25(29)16-26-33(30,31)14-13-21-9-5-3-6-10-21/h3-15,26H,16-18H2,1-2H3. The predicted octanol–water partition coefficient (Wildman–Crippen LogP) is 3.47. The molecule has 0 bridgehead atoms. The molecule has 0 atom stereocenters. The number of aryl methyl sites for hydroxylation is 1. The quantitative estimate of drug-likeness (QED) is 0.365. The number of ether oxygens (including phenoxy) is 1. The van der Waals surface area contributed by atoms with Gasteiger partial charge in [-0.15, -0.1) is 0 Å². The highest BCUT2D eigenvalue weighted by molar-refractivity contribution is 7.92. The molecule has 33 heavy (non-hydrogen) atoms. The SMILES string of the molecule is Cc1cc(C(=O)COC(=O)CNS(=O)(=O)C=Cc2ccccc2)c(C)n1Cc1ccccc1. The number of carbonyl (C=O) groups excluding carboxylic acids is 2. The summed E-state index contributed by atoms with van der Waals surface area (Å²) >= 11 is 0. The summed E-state index contributed by atoms with van der Waals surface area (Å²) in [5.74, 6) is -1.18. The molecule has 3 rings (SSSR count). The Hall–Kier alpha value is -3.49. The van der Waals surface area contributed by atoms with E-state index in [0.717, 1.165) is 22.4 Å². The first-order chi connectivity index (χ1) is 15.7. The summed E-state index contributed by atoms with van der Waals surface area (Å²) in [6.07, 6.45) is 1.42. The fourth-order valence-electron chi connectivity index (χ4n) is 3.31. The van der Waals surface area contributed by atoms with Crippen LogP contribution in [0.15, 0.2) is 72.1 Å². The molecule has 0 aliphatic carbocycles. The highest BCUT2D eigenvalue weighted by Crippen LogP contribution is 2.18. The lowest BCUT2D eigenvalue weighted by molar-refractivity contribution is -0.141. The number of ketones is 1. The van der Waals surface area contributed by atoms with E-state index in [2.05, 4.69) is 4.72 Å². The molecule has 1 heterocycles. The van der Waals surface area contributed by atoms with Gasteiger partial charge in [0.25, 0.3) is 0 Å². The molecule has 0 unspecified atom stereocenters. The molecular formula is C25H26N2O5S. The number of esters is 1. The van der Waals surface area contributed by atoms with Crippen LogP contribution in [0.5, 0.6) is 0 Å². The van der Waals surface area contributed by atoms with Crippen LogP contribution in [-0.2, 0) is 26.1 Å². The van der Waals surface area contributed by atoms with Crippen molar-refractivity contribution in [3.8, 4) is 0 Å². The number of hydrogen-bond acceptors (Lipinski definition) is 5. The van der Waals surface area contributed by atoms with Crippen LogP contribution in [0.1, 0.15) is 32.9 Å². The van der Waals surface area contributed by atoms with Crippen molar-refractivity contribution >= 4 is 27.9 Å². The van der Waals surface area contributed by atoms with E-state index >= 15 is 0 Å². The van der Waals surface area contributed by atoms with E-state index in [4.69, 9.17) is 4.74 Å². The Balaban J connectivity index is 1.52. The minimum absolute atomic E-state index is 0.345. The van der Waals surface area contributed by atoms with Crippen molar-refractivity contribution in [2.45, 2.75) is 20.4 Å². The lowest BCUT2D eigenvalue weighted by Crippen LogP contribution is -2.30. The van der Waals surface area contributed by atoms with Gasteiger partial charge in [-0.25, -0.2) is 13.1 Å². The molecule has 0 aliphatic heterocycles. The van der Waals surface area contributed by atoms with Gasteiger partial charge < -0.3 is 9.30 Å². The van der Waals surface area contributed by atoms with E-state index in [1.54, 1.807) is 30.3 Å². The molecule has 0 amide bonds. The molecule has 1 N–H and O–H groups in total. The fourth-order valence-corrected chi connectivity index (χ4v) is 4.06. The maximum absolute atomic E-state index is 12.6. The van der Waals surface area contributed by atoms with Gasteiger partial charge in [-0.3, -0.25) is 9.59 Å². The van der Waals surface area contributed by atoms with Crippen LogP contribution in [0, 0.1) is 13.8 Å². The first-order valence-corrected chi connectivity index (χ1v) is 11.9. The predicted molar refractivity (Wildman–Crippen MR) is 127 cm³/mol. The molecule has 0 saturated heterocycles. The number of benzene rings is 2. The number of nitrogens with zero attached hydrogens (tertiary/aromatic N) is 1. The molecule has 1 aromatic heterocycles. The second-order valence-electron chi connectivity index (χ2n) is 7.52. The van der Waals surface area contributed by atoms with Gasteiger partial charge in [0, 0.05) is 28.9 Å². The Morgan fingerprint density at radius 1 is 1.00 bits per heavy atom. The summed E-state index contributed by atoms with van der Waals surface area (Å²) in [6, 6.07) is 20.6. The lowest BCUT2D eigenvalue weighted by Gasteiger charge is -2.10. The molecule has 0 saturated carbocycles. The Morgan fingerprint density at radius 2 is 1.64 bits per heavy atom. The summed E-state index contributed by atoms with van der Waals surface area (Å²) in [4.78, 5) is 24.6. The van der Waals surface area contributed by atoms with Gasteiger partial charge in [-0.1, -0.05) is 60.7 Å². The zero-order chi connectivity index (χ0) is 23.8. The van der Waals surface area contributed by atoms with Crippen molar-refractivity contribution in [3.63, 3.8) is 0 Å². The van der Waals surface area contributed by atoms with E-state index in [1.165, 1.54) is 6.08 Å². The molecule has 0 spiro atoms. The van der Waals surface area contributed by atoms with Crippen molar-refractivity contribution in [3.05, 3.63) is 100 Å². The highest BCUT2D eigenvalue weighted by atomic mass is 32.2. The van der Waals surface area contributed by atoms with Crippen LogP contribution in [0.3, 0.4) is 0 Å². The highest BCUT2D eigenvalue weighted by Gasteiger charge is 2.18. The molecule has 0 aliphatic rings. The Kier molecular flexibility index (Phi) is 7.97. The molecule has 0 radical (unpaired) electrons. The average molecular weight is 467 g/mol. The van der Waals surface area contributed by atoms with Crippen molar-refractivity contribution in [1.29, 1.82) is 0 Å². The third-order valence-electron chi connectivity index (χ3n) is 5.08. The van der Waals surface area contributed by atoms with Crippen LogP contribution in [0.2, 0.25) is 0 Å². The number of sulfonamides is 1. The normalized spacial score (nSPS) is 11.6. The van der Waals surface area contributed by atoms with E-state index < -0.39 is 29.1 Å². The Morgan fingerprint density at radius 3 is 2.30 bits per heavy atom. The Labute approximate surface area is 193 Å². The van der Waals surface area contributed by atoms with E-state index in [9.17, 15) is 18.0 Å². The zero-order valence-corrected chi connectivity index (χ0v) is 19.3. The van der Waals surface area contributed by atoms with Crippen molar-refractivity contribution in [2.24, 2.45) is 0 Å². The monoisotopic (exact) mass is 466 g/mol.